The predicted molar refractivity (Wildman–Crippen MR) is 85.3 cm³/mol. The standard InChI is InChI=1S/C17H11N3O4/c1-23-17-14(10-18)13(9-15(19-17)16-3-2-8-24-16)11-4-6-12(7-5-11)20(21)22/h2-9H,1H3. The van der Waals surface area contributed by atoms with Crippen molar-refractivity contribution in [3.05, 3.63) is 64.4 Å². The summed E-state index contributed by atoms with van der Waals surface area (Å²) in [5.74, 6) is 0.695. The van der Waals surface area contributed by atoms with Gasteiger partial charge in [0.25, 0.3) is 5.69 Å². The van der Waals surface area contributed by atoms with E-state index in [1.165, 1.54) is 25.5 Å². The van der Waals surface area contributed by atoms with E-state index in [2.05, 4.69) is 11.1 Å². The van der Waals surface area contributed by atoms with E-state index in [0.717, 1.165) is 0 Å². The molecule has 0 bridgehead atoms. The van der Waals surface area contributed by atoms with Crippen molar-refractivity contribution in [2.24, 2.45) is 0 Å². The molecule has 0 saturated heterocycles. The molecule has 3 rings (SSSR count). The Labute approximate surface area is 136 Å². The minimum atomic E-state index is -0.476. The molecule has 0 radical (unpaired) electrons. The number of ether oxygens (including phenoxy) is 1. The van der Waals surface area contributed by atoms with Crippen LogP contribution in [0.2, 0.25) is 0 Å². The summed E-state index contributed by atoms with van der Waals surface area (Å²) in [6, 6.07) is 13.2. The number of pyridine rings is 1. The molecule has 2 aromatic heterocycles. The van der Waals surface area contributed by atoms with Gasteiger partial charge in [-0.3, -0.25) is 10.1 Å². The average molecular weight is 321 g/mol. The number of non-ortho nitro benzene ring substituents is 1. The van der Waals surface area contributed by atoms with E-state index in [-0.39, 0.29) is 17.1 Å². The molecule has 7 heteroatoms. The minimum absolute atomic E-state index is 0.0236. The molecule has 0 saturated carbocycles. The normalized spacial score (nSPS) is 10.2. The molecule has 0 amide bonds. The van der Waals surface area contributed by atoms with Gasteiger partial charge in [-0.15, -0.1) is 0 Å². The lowest BCUT2D eigenvalue weighted by molar-refractivity contribution is -0.384. The van der Waals surface area contributed by atoms with E-state index < -0.39 is 4.92 Å². The number of nitriles is 1. The maximum atomic E-state index is 10.8. The highest BCUT2D eigenvalue weighted by Crippen LogP contribution is 2.34. The average Bonchev–Trinajstić information content (AvgIpc) is 3.15. The van der Waals surface area contributed by atoms with Crippen LogP contribution in [0.15, 0.2) is 53.1 Å². The number of aromatic nitrogens is 1. The van der Waals surface area contributed by atoms with Crippen molar-refractivity contribution < 1.29 is 14.1 Å². The summed E-state index contributed by atoms with van der Waals surface area (Å²) in [5, 5.41) is 20.2. The summed E-state index contributed by atoms with van der Waals surface area (Å²) in [6.07, 6.45) is 1.52. The van der Waals surface area contributed by atoms with E-state index in [9.17, 15) is 15.4 Å². The molecule has 0 aliphatic carbocycles. The molecule has 0 unspecified atom stereocenters. The Morgan fingerprint density at radius 2 is 2.04 bits per heavy atom. The summed E-state index contributed by atoms with van der Waals surface area (Å²) in [6.45, 7) is 0. The summed E-state index contributed by atoms with van der Waals surface area (Å²) in [4.78, 5) is 14.6. The van der Waals surface area contributed by atoms with Gasteiger partial charge in [0.2, 0.25) is 5.88 Å². The van der Waals surface area contributed by atoms with E-state index in [4.69, 9.17) is 9.15 Å². The third-order valence-corrected chi connectivity index (χ3v) is 3.45. The molecule has 0 fully saturated rings. The Morgan fingerprint density at radius 3 is 2.58 bits per heavy atom. The van der Waals surface area contributed by atoms with Crippen LogP contribution in [0.4, 0.5) is 5.69 Å². The van der Waals surface area contributed by atoms with Crippen LogP contribution >= 0.6 is 0 Å². The smallest absolute Gasteiger partial charge is 0.269 e. The van der Waals surface area contributed by atoms with Crippen LogP contribution in [0.5, 0.6) is 5.88 Å². The first kappa shape index (κ1) is 15.2. The molecule has 1 aromatic carbocycles. The van der Waals surface area contributed by atoms with Crippen LogP contribution in [0.3, 0.4) is 0 Å². The Hall–Kier alpha value is -3.66. The summed E-state index contributed by atoms with van der Waals surface area (Å²) in [7, 11) is 1.43. The largest absolute Gasteiger partial charge is 0.480 e. The highest BCUT2D eigenvalue weighted by atomic mass is 16.6. The number of benzene rings is 1. The Balaban J connectivity index is 2.20. The summed E-state index contributed by atoms with van der Waals surface area (Å²) >= 11 is 0. The Bertz CT molecular complexity index is 926. The van der Waals surface area contributed by atoms with Gasteiger partial charge in [0, 0.05) is 17.7 Å². The number of hydrogen-bond donors (Lipinski definition) is 0. The van der Waals surface area contributed by atoms with Crippen LogP contribution in [-0.2, 0) is 0 Å². The van der Waals surface area contributed by atoms with Crippen LogP contribution in [0.1, 0.15) is 5.56 Å². The van der Waals surface area contributed by atoms with Crippen molar-refractivity contribution in [2.45, 2.75) is 0 Å². The van der Waals surface area contributed by atoms with Crippen molar-refractivity contribution in [2.75, 3.05) is 7.11 Å². The van der Waals surface area contributed by atoms with Gasteiger partial charge in [-0.2, -0.15) is 5.26 Å². The molecule has 7 nitrogen and oxygen atoms in total. The molecule has 0 aliphatic rings. The summed E-state index contributed by atoms with van der Waals surface area (Å²) in [5.41, 5.74) is 1.94. The number of furan rings is 1. The van der Waals surface area contributed by atoms with Crippen molar-refractivity contribution >= 4 is 5.69 Å². The van der Waals surface area contributed by atoms with Gasteiger partial charge >= 0.3 is 0 Å². The molecular weight excluding hydrogens is 310 g/mol. The topological polar surface area (TPSA) is 102 Å². The van der Waals surface area contributed by atoms with Crippen molar-refractivity contribution in [3.63, 3.8) is 0 Å². The first-order valence-electron chi connectivity index (χ1n) is 6.92. The molecule has 24 heavy (non-hydrogen) atoms. The first-order chi connectivity index (χ1) is 11.6. The number of nitrogens with zero attached hydrogens (tertiary/aromatic N) is 3. The zero-order valence-electron chi connectivity index (χ0n) is 12.6. The number of methoxy groups -OCH3 is 1. The number of nitro benzene ring substituents is 1. The lowest BCUT2D eigenvalue weighted by Gasteiger charge is -2.10. The van der Waals surface area contributed by atoms with Gasteiger partial charge in [0.05, 0.1) is 18.3 Å². The molecule has 0 N–H and O–H groups in total. The fourth-order valence-electron chi connectivity index (χ4n) is 2.32. The maximum Gasteiger partial charge on any atom is 0.269 e. The molecule has 3 aromatic rings. The van der Waals surface area contributed by atoms with Crippen LogP contribution in [0, 0.1) is 21.4 Å². The van der Waals surface area contributed by atoms with E-state index in [1.807, 2.05) is 0 Å². The number of nitro groups is 1. The van der Waals surface area contributed by atoms with E-state index in [1.54, 1.807) is 30.3 Å². The number of hydrogen-bond acceptors (Lipinski definition) is 6. The molecule has 0 atom stereocenters. The molecule has 0 aliphatic heterocycles. The van der Waals surface area contributed by atoms with Crippen molar-refractivity contribution in [3.8, 4) is 34.5 Å². The number of rotatable bonds is 4. The second kappa shape index (κ2) is 6.22. The monoisotopic (exact) mass is 321 g/mol. The van der Waals surface area contributed by atoms with Gasteiger partial charge in [0.1, 0.15) is 17.3 Å². The third kappa shape index (κ3) is 2.68. The van der Waals surface area contributed by atoms with Crippen LogP contribution < -0.4 is 4.74 Å². The maximum absolute atomic E-state index is 10.8. The van der Waals surface area contributed by atoms with E-state index in [0.29, 0.717) is 22.6 Å². The quantitative estimate of drug-likeness (QED) is 0.535. The van der Waals surface area contributed by atoms with Gasteiger partial charge in [-0.25, -0.2) is 4.98 Å². The molecule has 118 valence electrons. The van der Waals surface area contributed by atoms with Gasteiger partial charge in [0.15, 0.2) is 5.76 Å². The molecule has 2 heterocycles. The third-order valence-electron chi connectivity index (χ3n) is 3.45. The van der Waals surface area contributed by atoms with Crippen LogP contribution in [-0.4, -0.2) is 17.0 Å². The van der Waals surface area contributed by atoms with E-state index >= 15 is 0 Å². The SMILES string of the molecule is COc1nc(-c2ccco2)cc(-c2ccc([N+](=O)[O-])cc2)c1C#N. The lowest BCUT2D eigenvalue weighted by atomic mass is 10.00. The molecule has 0 spiro atoms. The first-order valence-corrected chi connectivity index (χ1v) is 6.92. The van der Waals surface area contributed by atoms with Gasteiger partial charge in [-0.05, 0) is 35.9 Å². The minimum Gasteiger partial charge on any atom is -0.480 e. The zero-order valence-corrected chi connectivity index (χ0v) is 12.6. The fourth-order valence-corrected chi connectivity index (χ4v) is 2.32. The van der Waals surface area contributed by atoms with Crippen LogP contribution in [0.25, 0.3) is 22.6 Å². The second-order valence-electron chi connectivity index (χ2n) is 4.83. The van der Waals surface area contributed by atoms with Crippen molar-refractivity contribution in [1.29, 1.82) is 5.26 Å². The van der Waals surface area contributed by atoms with Gasteiger partial charge in [-0.1, -0.05) is 0 Å². The highest BCUT2D eigenvalue weighted by molar-refractivity contribution is 5.77. The fraction of sp³-hybridized carbons (Fsp3) is 0.0588. The van der Waals surface area contributed by atoms with Crippen molar-refractivity contribution in [1.82, 2.24) is 4.98 Å². The lowest BCUT2D eigenvalue weighted by Crippen LogP contribution is -1.97. The Morgan fingerprint density at radius 1 is 1.29 bits per heavy atom. The second-order valence-corrected chi connectivity index (χ2v) is 4.83. The predicted octanol–water partition coefficient (Wildman–Crippen LogP) is 3.80. The summed E-state index contributed by atoms with van der Waals surface area (Å²) < 4.78 is 10.6. The molecular formula is C17H11N3O4. The highest BCUT2D eigenvalue weighted by Gasteiger charge is 2.17. The Kier molecular flexibility index (Phi) is 3.95. The van der Waals surface area contributed by atoms with Gasteiger partial charge < -0.3 is 9.15 Å². The zero-order chi connectivity index (χ0) is 17.1.